The summed E-state index contributed by atoms with van der Waals surface area (Å²) in [4.78, 5) is 5.24. The summed E-state index contributed by atoms with van der Waals surface area (Å²) in [7, 11) is -4.56. The van der Waals surface area contributed by atoms with E-state index in [9.17, 15) is 12.6 Å². The highest BCUT2D eigenvalue weighted by Crippen LogP contribution is 2.21. The first kappa shape index (κ1) is 19.5. The van der Waals surface area contributed by atoms with Crippen LogP contribution in [-0.2, 0) is 25.6 Å². The minimum atomic E-state index is -3.52. The topological polar surface area (TPSA) is 76.6 Å². The second-order valence-electron chi connectivity index (χ2n) is 5.56. The van der Waals surface area contributed by atoms with Crippen molar-refractivity contribution in [2.75, 3.05) is 37.8 Å². The molecule has 2 aromatic rings. The van der Waals surface area contributed by atoms with Gasteiger partial charge in [-0.2, -0.15) is 4.31 Å². The minimum absolute atomic E-state index is 0.191. The van der Waals surface area contributed by atoms with Gasteiger partial charge in [-0.25, -0.2) is 13.4 Å². The van der Waals surface area contributed by atoms with E-state index in [0.29, 0.717) is 37.8 Å². The van der Waals surface area contributed by atoms with Gasteiger partial charge in [-0.15, -0.1) is 11.8 Å². The van der Waals surface area contributed by atoms with Gasteiger partial charge in [0.05, 0.1) is 29.0 Å². The van der Waals surface area contributed by atoms with E-state index >= 15 is 0 Å². The standard InChI is InChI=1S/C17H20N2O4S3/c20-25(15-4-2-1-3-5-15)13-12-24-17-7-6-16(14-18-17)26(21,22)19-8-10-23-11-9-19/h1-7,14H,8-13H2. The Balaban J connectivity index is 1.55. The molecule has 9 heteroatoms. The lowest BCUT2D eigenvalue weighted by molar-refractivity contribution is 0.0730. The van der Waals surface area contributed by atoms with Crippen LogP contribution in [0.3, 0.4) is 0 Å². The summed E-state index contributed by atoms with van der Waals surface area (Å²) in [5.41, 5.74) is 0. The monoisotopic (exact) mass is 412 g/mol. The van der Waals surface area contributed by atoms with Crippen LogP contribution in [-0.4, -0.2) is 59.7 Å². The lowest BCUT2D eigenvalue weighted by Gasteiger charge is -2.25. The molecule has 6 nitrogen and oxygen atoms in total. The van der Waals surface area contributed by atoms with Crippen LogP contribution in [0.15, 0.2) is 63.5 Å². The van der Waals surface area contributed by atoms with Crippen LogP contribution in [0.5, 0.6) is 0 Å². The normalized spacial score (nSPS) is 17.1. The number of benzene rings is 1. The fourth-order valence-corrected chi connectivity index (χ4v) is 5.94. The van der Waals surface area contributed by atoms with Crippen LogP contribution < -0.4 is 0 Å². The van der Waals surface area contributed by atoms with Crippen molar-refractivity contribution < 1.29 is 17.4 Å². The zero-order valence-corrected chi connectivity index (χ0v) is 16.6. The van der Waals surface area contributed by atoms with Crippen molar-refractivity contribution in [2.45, 2.75) is 14.8 Å². The second kappa shape index (κ2) is 9.09. The highest BCUT2D eigenvalue weighted by molar-refractivity contribution is 8.00. The summed E-state index contributed by atoms with van der Waals surface area (Å²) in [5.74, 6) is 1.16. The van der Waals surface area contributed by atoms with Crippen LogP contribution in [0.1, 0.15) is 0 Å². The average molecular weight is 413 g/mol. The zero-order valence-electron chi connectivity index (χ0n) is 14.1. The largest absolute Gasteiger partial charge is 0.379 e. The summed E-state index contributed by atoms with van der Waals surface area (Å²) < 4.78 is 43.9. The third-order valence-corrected chi connectivity index (χ3v) is 8.30. The third-order valence-electron chi connectivity index (χ3n) is 3.84. The molecule has 0 radical (unpaired) electrons. The lowest BCUT2D eigenvalue weighted by Crippen LogP contribution is -2.40. The van der Waals surface area contributed by atoms with Crippen molar-refractivity contribution in [3.63, 3.8) is 0 Å². The van der Waals surface area contributed by atoms with Crippen molar-refractivity contribution in [2.24, 2.45) is 0 Å². The number of thioether (sulfide) groups is 1. The number of hydrogen-bond acceptors (Lipinski definition) is 6. The highest BCUT2D eigenvalue weighted by atomic mass is 32.2. The number of nitrogens with zero attached hydrogens (tertiary/aromatic N) is 2. The van der Waals surface area contributed by atoms with E-state index in [4.69, 9.17) is 4.74 Å². The maximum atomic E-state index is 12.5. The van der Waals surface area contributed by atoms with Gasteiger partial charge in [0.15, 0.2) is 0 Å². The van der Waals surface area contributed by atoms with Gasteiger partial charge in [-0.3, -0.25) is 4.21 Å². The predicted molar refractivity (Wildman–Crippen MR) is 102 cm³/mol. The van der Waals surface area contributed by atoms with E-state index in [-0.39, 0.29) is 4.90 Å². The molecule has 0 bridgehead atoms. The Labute approximate surface area is 160 Å². The fraction of sp³-hybridized carbons (Fsp3) is 0.353. The Morgan fingerprint density at radius 1 is 1.12 bits per heavy atom. The number of sulfonamides is 1. The van der Waals surface area contributed by atoms with Gasteiger partial charge in [-0.1, -0.05) is 18.2 Å². The van der Waals surface area contributed by atoms with Crippen LogP contribution in [0, 0.1) is 0 Å². The van der Waals surface area contributed by atoms with Crippen molar-refractivity contribution >= 4 is 32.6 Å². The van der Waals surface area contributed by atoms with Crippen molar-refractivity contribution in [3.05, 3.63) is 48.7 Å². The van der Waals surface area contributed by atoms with E-state index in [2.05, 4.69) is 4.98 Å². The summed E-state index contributed by atoms with van der Waals surface area (Å²) >= 11 is 1.47. The molecule has 1 aliphatic rings. The lowest BCUT2D eigenvalue weighted by atomic mass is 10.4. The highest BCUT2D eigenvalue weighted by Gasteiger charge is 2.26. The van der Waals surface area contributed by atoms with Gasteiger partial charge in [0, 0.05) is 35.7 Å². The molecule has 0 amide bonds. The summed E-state index contributed by atoms with van der Waals surface area (Å²) in [6.07, 6.45) is 1.39. The number of hydrogen-bond donors (Lipinski definition) is 0. The van der Waals surface area contributed by atoms with Crippen molar-refractivity contribution in [3.8, 4) is 0 Å². The van der Waals surface area contributed by atoms with E-state index in [1.807, 2.05) is 30.3 Å². The number of rotatable bonds is 7. The van der Waals surface area contributed by atoms with Crippen LogP contribution in [0.25, 0.3) is 0 Å². The molecule has 3 rings (SSSR count). The maximum absolute atomic E-state index is 12.5. The number of aromatic nitrogens is 1. The van der Waals surface area contributed by atoms with Gasteiger partial charge in [-0.05, 0) is 24.3 Å². The smallest absolute Gasteiger partial charge is 0.244 e. The Morgan fingerprint density at radius 3 is 2.50 bits per heavy atom. The van der Waals surface area contributed by atoms with Gasteiger partial charge in [0.2, 0.25) is 10.0 Å². The Hall–Kier alpha value is -1.26. The number of morpholine rings is 1. The second-order valence-corrected chi connectivity index (χ2v) is 10.2. The number of pyridine rings is 1. The molecule has 0 N–H and O–H groups in total. The fourth-order valence-electron chi connectivity index (χ4n) is 2.45. The molecule has 1 aliphatic heterocycles. The van der Waals surface area contributed by atoms with E-state index < -0.39 is 20.8 Å². The molecule has 1 aromatic carbocycles. The van der Waals surface area contributed by atoms with Gasteiger partial charge in [0.25, 0.3) is 0 Å². The first-order valence-electron chi connectivity index (χ1n) is 8.17. The molecule has 1 saturated heterocycles. The van der Waals surface area contributed by atoms with Crippen molar-refractivity contribution in [1.82, 2.24) is 9.29 Å². The van der Waals surface area contributed by atoms with Gasteiger partial charge in [0.1, 0.15) is 4.90 Å². The zero-order chi connectivity index (χ0) is 18.4. The summed E-state index contributed by atoms with van der Waals surface area (Å²) in [6.45, 7) is 1.56. The number of ether oxygens (including phenoxy) is 1. The molecule has 2 heterocycles. The molecule has 26 heavy (non-hydrogen) atoms. The summed E-state index contributed by atoms with van der Waals surface area (Å²) in [5, 5.41) is 0.719. The summed E-state index contributed by atoms with van der Waals surface area (Å²) in [6, 6.07) is 12.6. The molecular formula is C17H20N2O4S3. The van der Waals surface area contributed by atoms with Crippen molar-refractivity contribution in [1.29, 1.82) is 0 Å². The molecule has 1 fully saturated rings. The van der Waals surface area contributed by atoms with Crippen LogP contribution >= 0.6 is 11.8 Å². The Kier molecular flexibility index (Phi) is 6.82. The van der Waals surface area contributed by atoms with E-state index in [1.165, 1.54) is 22.3 Å². The Bertz CT molecular complexity index is 836. The molecule has 0 saturated carbocycles. The predicted octanol–water partition coefficient (Wildman–Crippen LogP) is 2.00. The van der Waals surface area contributed by atoms with E-state index in [0.717, 1.165) is 9.92 Å². The maximum Gasteiger partial charge on any atom is 0.244 e. The Morgan fingerprint density at radius 2 is 1.85 bits per heavy atom. The molecule has 0 aliphatic carbocycles. The minimum Gasteiger partial charge on any atom is -0.379 e. The first-order chi connectivity index (χ1) is 12.6. The first-order valence-corrected chi connectivity index (χ1v) is 11.9. The molecule has 140 valence electrons. The molecule has 1 atom stereocenters. The van der Waals surface area contributed by atoms with Crippen LogP contribution in [0.4, 0.5) is 0 Å². The average Bonchev–Trinajstić information content (AvgIpc) is 2.69. The molecule has 1 unspecified atom stereocenters. The molecular weight excluding hydrogens is 392 g/mol. The SMILES string of the molecule is O=S(CCSc1ccc(S(=O)(=O)N2CCOCC2)cn1)c1ccccc1. The van der Waals surface area contributed by atoms with Gasteiger partial charge >= 0.3 is 0 Å². The quantitative estimate of drug-likeness (QED) is 0.648. The van der Waals surface area contributed by atoms with Crippen LogP contribution in [0.2, 0.25) is 0 Å². The molecule has 1 aromatic heterocycles. The van der Waals surface area contributed by atoms with Gasteiger partial charge < -0.3 is 4.74 Å². The van der Waals surface area contributed by atoms with E-state index in [1.54, 1.807) is 12.1 Å². The molecule has 0 spiro atoms. The third kappa shape index (κ3) is 4.92.